The molecule has 0 bridgehead atoms. The first-order chi connectivity index (χ1) is 14.0. The van der Waals surface area contributed by atoms with Crippen LogP contribution in [0.2, 0.25) is 0 Å². The molecule has 0 atom stereocenters. The summed E-state index contributed by atoms with van der Waals surface area (Å²) in [6, 6.07) is 12.1. The van der Waals surface area contributed by atoms with E-state index in [1.54, 1.807) is 24.3 Å². The van der Waals surface area contributed by atoms with Gasteiger partial charge in [-0.2, -0.15) is 0 Å². The number of hydrogen-bond donors (Lipinski definition) is 2. The van der Waals surface area contributed by atoms with Gasteiger partial charge in [0.1, 0.15) is 11.6 Å². The van der Waals surface area contributed by atoms with Crippen LogP contribution in [0.1, 0.15) is 6.42 Å². The number of anilines is 1. The molecule has 1 saturated heterocycles. The van der Waals surface area contributed by atoms with Gasteiger partial charge in [0.05, 0.1) is 26.2 Å². The number of hydrogen-bond acceptors (Lipinski definition) is 3. The number of carbonyl (C=O) groups is 2. The molecule has 1 fully saturated rings. The summed E-state index contributed by atoms with van der Waals surface area (Å²) in [5.41, 5.74) is 0.446. The topological polar surface area (TPSA) is 53.9 Å². The number of carbonyl (C=O) groups excluding carboxylic acids is 2. The number of piperazine rings is 1. The molecule has 3 rings (SSSR count). The van der Waals surface area contributed by atoms with Gasteiger partial charge in [0.25, 0.3) is 5.91 Å². The summed E-state index contributed by atoms with van der Waals surface area (Å²) in [5.74, 6) is -0.0765. The van der Waals surface area contributed by atoms with Gasteiger partial charge >= 0.3 is 0 Å². The molecular formula is C21H24F2N3O2S+. The predicted octanol–water partition coefficient (Wildman–Crippen LogP) is 1.81. The molecule has 2 N–H and O–H groups in total. The van der Waals surface area contributed by atoms with E-state index in [-0.39, 0.29) is 23.4 Å². The highest BCUT2D eigenvalue weighted by Gasteiger charge is 2.25. The molecule has 2 amide bonds. The average Bonchev–Trinajstić information content (AvgIpc) is 2.70. The normalized spacial score (nSPS) is 14.6. The molecule has 1 aliphatic rings. The Morgan fingerprint density at radius 2 is 1.76 bits per heavy atom. The molecule has 0 aromatic heterocycles. The van der Waals surface area contributed by atoms with Crippen molar-refractivity contribution in [2.75, 3.05) is 43.8 Å². The second-order valence-corrected chi connectivity index (χ2v) is 8.09. The summed E-state index contributed by atoms with van der Waals surface area (Å²) in [6.07, 6.45) is 0.428. The molecule has 8 heteroatoms. The van der Waals surface area contributed by atoms with Gasteiger partial charge in [-0.1, -0.05) is 6.07 Å². The van der Waals surface area contributed by atoms with E-state index in [0.29, 0.717) is 50.6 Å². The third kappa shape index (κ3) is 6.83. The fraction of sp³-hybridized carbons (Fsp3) is 0.333. The maximum Gasteiger partial charge on any atom is 0.279 e. The predicted molar refractivity (Wildman–Crippen MR) is 109 cm³/mol. The summed E-state index contributed by atoms with van der Waals surface area (Å²) in [4.78, 5) is 28.4. The largest absolute Gasteiger partial charge is 0.331 e. The quantitative estimate of drug-likeness (QED) is 0.672. The number of benzene rings is 2. The van der Waals surface area contributed by atoms with Gasteiger partial charge in [-0.15, -0.1) is 11.8 Å². The van der Waals surface area contributed by atoms with Crippen LogP contribution in [-0.2, 0) is 9.59 Å². The van der Waals surface area contributed by atoms with Crippen LogP contribution in [0.4, 0.5) is 14.5 Å². The van der Waals surface area contributed by atoms with Gasteiger partial charge < -0.3 is 15.1 Å². The SMILES string of the molecule is O=C(C[NH+]1CCN(C(=O)CCSc2ccc(F)cc2)CC1)Nc1cccc(F)c1. The number of nitrogens with zero attached hydrogens (tertiary/aromatic N) is 1. The Kier molecular flexibility index (Phi) is 7.60. The first kappa shape index (κ1) is 21.3. The zero-order chi connectivity index (χ0) is 20.6. The van der Waals surface area contributed by atoms with Crippen molar-refractivity contribution < 1.29 is 23.3 Å². The third-order valence-corrected chi connectivity index (χ3v) is 5.75. The smallest absolute Gasteiger partial charge is 0.279 e. The van der Waals surface area contributed by atoms with E-state index in [9.17, 15) is 18.4 Å². The van der Waals surface area contributed by atoms with Crippen molar-refractivity contribution in [3.8, 4) is 0 Å². The van der Waals surface area contributed by atoms with Crippen molar-refractivity contribution >= 4 is 29.3 Å². The lowest BCUT2D eigenvalue weighted by Gasteiger charge is -2.32. The average molecular weight is 421 g/mol. The van der Waals surface area contributed by atoms with Crippen molar-refractivity contribution in [2.24, 2.45) is 0 Å². The van der Waals surface area contributed by atoms with Crippen LogP contribution in [-0.4, -0.2) is 55.2 Å². The van der Waals surface area contributed by atoms with Crippen LogP contribution in [0.5, 0.6) is 0 Å². The van der Waals surface area contributed by atoms with Crippen LogP contribution in [0.3, 0.4) is 0 Å². The van der Waals surface area contributed by atoms with Gasteiger partial charge in [0, 0.05) is 22.8 Å². The van der Waals surface area contributed by atoms with E-state index in [1.807, 2.05) is 4.90 Å². The maximum atomic E-state index is 13.2. The number of quaternary nitrogens is 1. The van der Waals surface area contributed by atoms with Crippen molar-refractivity contribution in [2.45, 2.75) is 11.3 Å². The Bertz CT molecular complexity index is 840. The molecule has 1 aliphatic heterocycles. The Morgan fingerprint density at radius 3 is 2.45 bits per heavy atom. The lowest BCUT2D eigenvalue weighted by Crippen LogP contribution is -3.15. The van der Waals surface area contributed by atoms with Crippen LogP contribution in [0.25, 0.3) is 0 Å². The van der Waals surface area contributed by atoms with Crippen molar-refractivity contribution in [1.29, 1.82) is 0 Å². The maximum absolute atomic E-state index is 13.2. The summed E-state index contributed by atoms with van der Waals surface area (Å²) in [5, 5.41) is 2.70. The first-order valence-corrected chi connectivity index (χ1v) is 10.5. The number of amides is 2. The molecule has 0 spiro atoms. The highest BCUT2D eigenvalue weighted by Crippen LogP contribution is 2.19. The van der Waals surface area contributed by atoms with Gasteiger partial charge in [-0.25, -0.2) is 8.78 Å². The Hall–Kier alpha value is -2.45. The van der Waals surface area contributed by atoms with Crippen LogP contribution in [0, 0.1) is 11.6 Å². The molecule has 0 radical (unpaired) electrons. The number of halogens is 2. The minimum absolute atomic E-state index is 0.0999. The summed E-state index contributed by atoms with van der Waals surface area (Å²) >= 11 is 1.53. The minimum Gasteiger partial charge on any atom is -0.331 e. The second-order valence-electron chi connectivity index (χ2n) is 6.92. The number of nitrogens with one attached hydrogen (secondary N) is 2. The fourth-order valence-corrected chi connectivity index (χ4v) is 4.03. The zero-order valence-electron chi connectivity index (χ0n) is 16.0. The summed E-state index contributed by atoms with van der Waals surface area (Å²) in [6.45, 7) is 2.92. The van der Waals surface area contributed by atoms with Crippen molar-refractivity contribution in [1.82, 2.24) is 4.90 Å². The lowest BCUT2D eigenvalue weighted by molar-refractivity contribution is -0.895. The van der Waals surface area contributed by atoms with Crippen LogP contribution < -0.4 is 10.2 Å². The summed E-state index contributed by atoms with van der Waals surface area (Å²) in [7, 11) is 0. The lowest BCUT2D eigenvalue weighted by atomic mass is 10.2. The van der Waals surface area contributed by atoms with Gasteiger partial charge in [-0.3, -0.25) is 9.59 Å². The van der Waals surface area contributed by atoms with Crippen LogP contribution >= 0.6 is 11.8 Å². The standard InChI is InChI=1S/C21H23F2N3O2S/c22-16-4-6-19(7-5-16)29-13-8-21(28)26-11-9-25(10-12-26)15-20(27)24-18-3-1-2-17(23)14-18/h1-7,14H,8-13,15H2,(H,24,27)/p+1. The molecule has 154 valence electrons. The van der Waals surface area contributed by atoms with Crippen LogP contribution in [0.15, 0.2) is 53.4 Å². The second kappa shape index (κ2) is 10.4. The molecule has 0 unspecified atom stereocenters. The highest BCUT2D eigenvalue weighted by molar-refractivity contribution is 7.99. The molecule has 0 aliphatic carbocycles. The zero-order valence-corrected chi connectivity index (χ0v) is 16.8. The van der Waals surface area contributed by atoms with E-state index in [1.165, 1.54) is 36.0 Å². The number of rotatable bonds is 7. The molecule has 1 heterocycles. The van der Waals surface area contributed by atoms with E-state index >= 15 is 0 Å². The van der Waals surface area contributed by atoms with E-state index < -0.39 is 0 Å². The monoisotopic (exact) mass is 420 g/mol. The Morgan fingerprint density at radius 1 is 1.03 bits per heavy atom. The highest BCUT2D eigenvalue weighted by atomic mass is 32.2. The molecule has 2 aromatic carbocycles. The van der Waals surface area contributed by atoms with Crippen molar-refractivity contribution in [3.63, 3.8) is 0 Å². The number of thioether (sulfide) groups is 1. The molecular weight excluding hydrogens is 396 g/mol. The Balaban J connectivity index is 1.35. The van der Waals surface area contributed by atoms with E-state index in [0.717, 1.165) is 9.80 Å². The fourth-order valence-electron chi connectivity index (χ4n) is 3.19. The summed E-state index contributed by atoms with van der Waals surface area (Å²) < 4.78 is 26.1. The van der Waals surface area contributed by atoms with Gasteiger partial charge in [-0.05, 0) is 42.5 Å². The first-order valence-electron chi connectivity index (χ1n) is 9.55. The van der Waals surface area contributed by atoms with E-state index in [2.05, 4.69) is 5.32 Å². The third-order valence-electron chi connectivity index (χ3n) is 4.74. The molecule has 29 heavy (non-hydrogen) atoms. The molecule has 2 aromatic rings. The molecule has 0 saturated carbocycles. The van der Waals surface area contributed by atoms with Gasteiger partial charge in [0.2, 0.25) is 5.91 Å². The van der Waals surface area contributed by atoms with Gasteiger partial charge in [0.15, 0.2) is 6.54 Å². The Labute approximate surface area is 173 Å². The molecule has 5 nitrogen and oxygen atoms in total. The van der Waals surface area contributed by atoms with E-state index in [4.69, 9.17) is 0 Å². The van der Waals surface area contributed by atoms with Crippen molar-refractivity contribution in [3.05, 3.63) is 60.2 Å². The minimum atomic E-state index is -0.389.